The lowest BCUT2D eigenvalue weighted by atomic mass is 10.0. The van der Waals surface area contributed by atoms with Crippen LogP contribution in [0.4, 0.5) is 4.39 Å². The van der Waals surface area contributed by atoms with Crippen LogP contribution >= 0.6 is 0 Å². The first-order valence-electron chi connectivity index (χ1n) is 13.3. The second kappa shape index (κ2) is 12.4. The summed E-state index contributed by atoms with van der Waals surface area (Å²) < 4.78 is 14.0. The van der Waals surface area contributed by atoms with Gasteiger partial charge in [-0.3, -0.25) is 5.10 Å². The monoisotopic (exact) mass is 533 g/mol. The number of hydrogen-bond donors (Lipinski definition) is 3. The third-order valence-corrected chi connectivity index (χ3v) is 6.55. The highest BCUT2D eigenvalue weighted by Crippen LogP contribution is 2.30. The van der Waals surface area contributed by atoms with Crippen LogP contribution in [0.25, 0.3) is 45.7 Å². The maximum absolute atomic E-state index is 14.0. The van der Waals surface area contributed by atoms with Crippen LogP contribution in [-0.4, -0.2) is 20.2 Å². The Morgan fingerprint density at radius 3 is 2.62 bits per heavy atom. The van der Waals surface area contributed by atoms with Crippen molar-refractivity contribution in [2.24, 2.45) is 5.92 Å². The van der Waals surface area contributed by atoms with E-state index in [1.807, 2.05) is 56.4 Å². The standard InChI is InChI=1S/C34H36FN5/c1-8-24(19-27(9-2)37-23(7)16-21(4)5)22(6)17-30-31(10-3)39-40-33(30)32-20-29-28(14-15-36-34(29)38-32)25-12-11-13-26(35)18-25/h8-15,17-21,37,39H,2,6-7,16H2,1,3-5H3,(H,36,38)/b24-8+,27-19+,30-17+,31-10+. The first-order chi connectivity index (χ1) is 19.2. The zero-order chi connectivity index (χ0) is 28.8. The lowest BCUT2D eigenvalue weighted by Crippen LogP contribution is -2.23. The van der Waals surface area contributed by atoms with Crippen LogP contribution < -0.4 is 15.9 Å². The molecule has 3 heterocycles. The Morgan fingerprint density at radius 2 is 1.95 bits per heavy atom. The number of nitrogens with zero attached hydrogens (tertiary/aromatic N) is 2. The fraction of sp³-hybridized carbons (Fsp3) is 0.176. The Hall–Kier alpha value is -4.71. The highest BCUT2D eigenvalue weighted by atomic mass is 19.1. The molecule has 4 rings (SSSR count). The van der Waals surface area contributed by atoms with Crippen molar-refractivity contribution in [3.63, 3.8) is 0 Å². The van der Waals surface area contributed by atoms with Crippen LogP contribution in [0.15, 0.2) is 103 Å². The Morgan fingerprint density at radius 1 is 1.15 bits per heavy atom. The molecule has 3 N–H and O–H groups in total. The molecule has 0 fully saturated rings. The van der Waals surface area contributed by atoms with Crippen molar-refractivity contribution in [2.75, 3.05) is 0 Å². The van der Waals surface area contributed by atoms with Gasteiger partial charge in [-0.2, -0.15) is 5.10 Å². The molecule has 0 saturated carbocycles. The SMILES string of the molecule is C=C/C(=C\C(=C/C)C(=C)/C=c1/c(-c2cc3c(-c4cccc(F)c4)ccnc3[nH]2)n[nH]/c1=C/C)NC(=C)CC(C)C. The summed E-state index contributed by atoms with van der Waals surface area (Å²) in [6, 6.07) is 10.5. The second-order valence-electron chi connectivity index (χ2n) is 10.0. The molecule has 0 saturated heterocycles. The lowest BCUT2D eigenvalue weighted by molar-refractivity contribution is 0.622. The van der Waals surface area contributed by atoms with Crippen LogP contribution in [0.5, 0.6) is 0 Å². The predicted octanol–water partition coefficient (Wildman–Crippen LogP) is 7.06. The number of halogens is 1. The zero-order valence-electron chi connectivity index (χ0n) is 23.6. The summed E-state index contributed by atoms with van der Waals surface area (Å²) in [6.45, 7) is 20.7. The topological polar surface area (TPSA) is 69.4 Å². The van der Waals surface area contributed by atoms with Gasteiger partial charge < -0.3 is 10.3 Å². The number of allylic oxidation sites excluding steroid dienone is 6. The van der Waals surface area contributed by atoms with E-state index in [9.17, 15) is 4.39 Å². The smallest absolute Gasteiger partial charge is 0.138 e. The molecule has 3 aromatic heterocycles. The van der Waals surface area contributed by atoms with Gasteiger partial charge in [-0.15, -0.1) is 0 Å². The highest BCUT2D eigenvalue weighted by Gasteiger charge is 2.14. The van der Waals surface area contributed by atoms with Crippen molar-refractivity contribution < 1.29 is 4.39 Å². The molecule has 0 amide bonds. The van der Waals surface area contributed by atoms with Crippen molar-refractivity contribution >= 4 is 23.2 Å². The van der Waals surface area contributed by atoms with Gasteiger partial charge in [0.05, 0.1) is 11.0 Å². The van der Waals surface area contributed by atoms with Gasteiger partial charge in [0.2, 0.25) is 0 Å². The molecule has 40 heavy (non-hydrogen) atoms. The molecule has 0 radical (unpaired) electrons. The highest BCUT2D eigenvalue weighted by molar-refractivity contribution is 5.96. The van der Waals surface area contributed by atoms with Crippen molar-refractivity contribution in [2.45, 2.75) is 34.1 Å². The molecule has 0 spiro atoms. The Kier molecular flexibility index (Phi) is 8.80. The molecule has 0 aliphatic rings. The van der Waals surface area contributed by atoms with Crippen LogP contribution in [0.3, 0.4) is 0 Å². The Balaban J connectivity index is 1.76. The largest absolute Gasteiger partial charge is 0.359 e. The minimum absolute atomic E-state index is 0.281. The molecule has 6 heteroatoms. The minimum Gasteiger partial charge on any atom is -0.359 e. The number of hydrogen-bond acceptors (Lipinski definition) is 3. The molecular formula is C34H36FN5. The minimum atomic E-state index is -0.281. The van der Waals surface area contributed by atoms with E-state index in [1.165, 1.54) is 12.1 Å². The predicted molar refractivity (Wildman–Crippen MR) is 166 cm³/mol. The summed E-state index contributed by atoms with van der Waals surface area (Å²) in [5, 5.41) is 13.8. The lowest BCUT2D eigenvalue weighted by Gasteiger charge is -2.13. The number of rotatable bonds is 10. The average Bonchev–Trinajstić information content (AvgIpc) is 3.54. The van der Waals surface area contributed by atoms with E-state index in [-0.39, 0.29) is 5.82 Å². The molecule has 0 aliphatic carbocycles. The van der Waals surface area contributed by atoms with Gasteiger partial charge in [0, 0.05) is 28.2 Å². The maximum atomic E-state index is 14.0. The Bertz CT molecular complexity index is 1760. The Labute approximate surface area is 235 Å². The van der Waals surface area contributed by atoms with E-state index >= 15 is 0 Å². The first kappa shape index (κ1) is 28.3. The number of H-pyrrole nitrogens is 2. The van der Waals surface area contributed by atoms with E-state index in [1.54, 1.807) is 18.3 Å². The number of fused-ring (bicyclic) bond motifs is 1. The van der Waals surface area contributed by atoms with Crippen LogP contribution in [0.1, 0.15) is 34.1 Å². The van der Waals surface area contributed by atoms with Gasteiger partial charge in [0.1, 0.15) is 17.2 Å². The van der Waals surface area contributed by atoms with Crippen molar-refractivity contribution in [1.82, 2.24) is 25.5 Å². The molecule has 1 aromatic carbocycles. The van der Waals surface area contributed by atoms with E-state index < -0.39 is 0 Å². The van der Waals surface area contributed by atoms with E-state index in [4.69, 9.17) is 0 Å². The van der Waals surface area contributed by atoms with Gasteiger partial charge in [-0.25, -0.2) is 9.37 Å². The third-order valence-electron chi connectivity index (χ3n) is 6.55. The van der Waals surface area contributed by atoms with E-state index in [2.05, 4.69) is 59.1 Å². The summed E-state index contributed by atoms with van der Waals surface area (Å²) >= 11 is 0. The molecule has 0 bridgehead atoms. The molecule has 5 nitrogen and oxygen atoms in total. The summed E-state index contributed by atoms with van der Waals surface area (Å²) in [5.41, 5.74) is 7.48. The molecular weight excluding hydrogens is 497 g/mol. The summed E-state index contributed by atoms with van der Waals surface area (Å²) in [4.78, 5) is 7.91. The van der Waals surface area contributed by atoms with Crippen LogP contribution in [0, 0.1) is 11.7 Å². The molecule has 0 unspecified atom stereocenters. The summed E-state index contributed by atoms with van der Waals surface area (Å²) in [6.07, 6.45) is 12.4. The fourth-order valence-electron chi connectivity index (χ4n) is 4.68. The van der Waals surface area contributed by atoms with Gasteiger partial charge in [-0.1, -0.05) is 57.9 Å². The van der Waals surface area contributed by atoms with E-state index in [0.29, 0.717) is 11.6 Å². The maximum Gasteiger partial charge on any atom is 0.138 e. The molecule has 204 valence electrons. The van der Waals surface area contributed by atoms with Crippen molar-refractivity contribution in [3.05, 3.63) is 119 Å². The summed E-state index contributed by atoms with van der Waals surface area (Å²) in [5.74, 6) is 0.223. The van der Waals surface area contributed by atoms with Crippen molar-refractivity contribution in [1.29, 1.82) is 0 Å². The normalized spacial score (nSPS) is 13.3. The number of pyridine rings is 1. The van der Waals surface area contributed by atoms with Gasteiger partial charge in [0.15, 0.2) is 0 Å². The second-order valence-corrected chi connectivity index (χ2v) is 10.0. The van der Waals surface area contributed by atoms with Gasteiger partial charge >= 0.3 is 0 Å². The number of aromatic nitrogens is 4. The van der Waals surface area contributed by atoms with Crippen LogP contribution in [0.2, 0.25) is 0 Å². The molecule has 0 atom stereocenters. The average molecular weight is 534 g/mol. The fourth-order valence-corrected chi connectivity index (χ4v) is 4.68. The quantitative estimate of drug-likeness (QED) is 0.191. The van der Waals surface area contributed by atoms with Gasteiger partial charge in [0.25, 0.3) is 0 Å². The van der Waals surface area contributed by atoms with Gasteiger partial charge in [-0.05, 0) is 91.0 Å². The third kappa shape index (κ3) is 6.29. The zero-order valence-corrected chi connectivity index (χ0v) is 23.6. The number of nitrogens with one attached hydrogen (secondary N) is 3. The van der Waals surface area contributed by atoms with Crippen LogP contribution in [-0.2, 0) is 0 Å². The number of benzene rings is 1. The molecule has 0 aliphatic heterocycles. The summed E-state index contributed by atoms with van der Waals surface area (Å²) in [7, 11) is 0. The van der Waals surface area contributed by atoms with Crippen molar-refractivity contribution in [3.8, 4) is 22.5 Å². The number of aromatic amines is 2. The van der Waals surface area contributed by atoms with E-state index in [0.717, 1.165) is 67.4 Å². The molecule has 4 aromatic rings. The first-order valence-corrected chi connectivity index (χ1v) is 13.3.